The molecule has 0 aliphatic rings. The fourth-order valence-corrected chi connectivity index (χ4v) is 6.41. The van der Waals surface area contributed by atoms with Crippen molar-refractivity contribution < 1.29 is 48.4 Å². The largest absolute Gasteiger partial charge is 0.493 e. The summed E-state index contributed by atoms with van der Waals surface area (Å²) in [6.07, 6.45) is 2.84. The average molecular weight is 902 g/mol. The molecule has 3 atom stereocenters. The number of hydrazine groups is 1. The number of hydrogen-bond donors (Lipinski definition) is 7. The van der Waals surface area contributed by atoms with Crippen molar-refractivity contribution in [2.75, 3.05) is 46.1 Å². The molecule has 0 heterocycles. The molecule has 0 fully saturated rings. The van der Waals surface area contributed by atoms with Crippen molar-refractivity contribution in [3.8, 4) is 5.75 Å². The zero-order valence-electron chi connectivity index (χ0n) is 39.3. The molecular formula is C50H71N5O10. The SMILES string of the molecule is CC(C)CC(NC(=O)C(O)C(N)Cc1ccccc1)C(=O)NNCCOCCOCCC(=O)NCCCOc1cc(C=CC(=O)c2cc(C(C)(C)C)cc(C(C)(C)C)c2)ccc1C(=O)O. The molecule has 0 bridgehead atoms. The minimum absolute atomic E-state index is 0.0129. The number of carboxylic acid groups (broad SMARTS) is 1. The minimum Gasteiger partial charge on any atom is -0.493 e. The van der Waals surface area contributed by atoms with Gasteiger partial charge in [-0.3, -0.25) is 24.6 Å². The second-order valence-electron chi connectivity index (χ2n) is 18.5. The molecule has 0 saturated carbocycles. The topological polar surface area (TPSA) is 228 Å². The van der Waals surface area contributed by atoms with Crippen molar-refractivity contribution >= 4 is 35.6 Å². The Morgan fingerprint density at radius 2 is 1.43 bits per heavy atom. The van der Waals surface area contributed by atoms with Crippen LogP contribution in [0.3, 0.4) is 0 Å². The predicted molar refractivity (Wildman–Crippen MR) is 252 cm³/mol. The van der Waals surface area contributed by atoms with Crippen LogP contribution in [0.4, 0.5) is 0 Å². The maximum Gasteiger partial charge on any atom is 0.339 e. The fraction of sp³-hybridized carbons (Fsp3) is 0.500. The van der Waals surface area contributed by atoms with E-state index >= 15 is 0 Å². The van der Waals surface area contributed by atoms with Crippen molar-refractivity contribution in [1.29, 1.82) is 0 Å². The number of nitrogens with one attached hydrogen (secondary N) is 4. The van der Waals surface area contributed by atoms with Crippen molar-refractivity contribution in [3.63, 3.8) is 0 Å². The van der Waals surface area contributed by atoms with Crippen LogP contribution in [0.15, 0.2) is 72.8 Å². The van der Waals surface area contributed by atoms with Crippen LogP contribution in [-0.2, 0) is 41.1 Å². The number of aliphatic hydroxyl groups excluding tert-OH is 1. The van der Waals surface area contributed by atoms with E-state index < -0.39 is 36.0 Å². The molecule has 0 aliphatic carbocycles. The Balaban J connectivity index is 1.31. The Bertz CT molecular complexity index is 2010. The third-order valence-corrected chi connectivity index (χ3v) is 10.3. The Hall–Kier alpha value is -5.45. The van der Waals surface area contributed by atoms with Crippen LogP contribution in [0.2, 0.25) is 0 Å². The van der Waals surface area contributed by atoms with Gasteiger partial charge < -0.3 is 40.8 Å². The first kappa shape index (κ1) is 53.9. The van der Waals surface area contributed by atoms with Crippen LogP contribution in [-0.4, -0.2) is 104 Å². The molecule has 15 nitrogen and oxygen atoms in total. The number of hydrogen-bond acceptors (Lipinski definition) is 11. The minimum atomic E-state index is -1.49. The van der Waals surface area contributed by atoms with Crippen molar-refractivity contribution in [2.24, 2.45) is 11.7 Å². The number of benzene rings is 3. The van der Waals surface area contributed by atoms with Gasteiger partial charge >= 0.3 is 5.97 Å². The Morgan fingerprint density at radius 1 is 0.785 bits per heavy atom. The lowest BCUT2D eigenvalue weighted by Gasteiger charge is -2.25. The van der Waals surface area contributed by atoms with E-state index in [0.29, 0.717) is 36.9 Å². The van der Waals surface area contributed by atoms with Crippen LogP contribution < -0.4 is 32.0 Å². The number of allylic oxidation sites excluding steroid dienone is 1. The predicted octanol–water partition coefficient (Wildman–Crippen LogP) is 5.27. The number of amides is 3. The van der Waals surface area contributed by atoms with Gasteiger partial charge in [-0.2, -0.15) is 0 Å². The lowest BCUT2D eigenvalue weighted by atomic mass is 9.79. The second-order valence-corrected chi connectivity index (χ2v) is 18.5. The quantitative estimate of drug-likeness (QED) is 0.0225. The van der Waals surface area contributed by atoms with Gasteiger partial charge in [-0.1, -0.05) is 104 Å². The molecule has 0 aromatic heterocycles. The van der Waals surface area contributed by atoms with E-state index in [9.17, 15) is 34.2 Å². The van der Waals surface area contributed by atoms with Gasteiger partial charge in [-0.15, -0.1) is 0 Å². The summed E-state index contributed by atoms with van der Waals surface area (Å²) in [4.78, 5) is 63.2. The molecule has 65 heavy (non-hydrogen) atoms. The molecule has 3 aromatic carbocycles. The Morgan fingerprint density at radius 3 is 2.05 bits per heavy atom. The van der Waals surface area contributed by atoms with Gasteiger partial charge in [-0.25, -0.2) is 10.2 Å². The van der Waals surface area contributed by atoms with E-state index in [1.807, 2.05) is 56.3 Å². The number of carboxylic acids is 1. The van der Waals surface area contributed by atoms with E-state index in [1.54, 1.807) is 18.2 Å². The van der Waals surface area contributed by atoms with Crippen LogP contribution in [0.1, 0.15) is 118 Å². The van der Waals surface area contributed by atoms with Gasteiger partial charge in [0.1, 0.15) is 23.5 Å². The third kappa shape index (κ3) is 19.7. The van der Waals surface area contributed by atoms with E-state index in [-0.39, 0.29) is 85.8 Å². The van der Waals surface area contributed by atoms with Crippen molar-refractivity contribution in [2.45, 2.75) is 110 Å². The standard InChI is InChI=1S/C50H71N5O10/c1-33(2)27-41(54-47(60)45(58)40(51)28-34-13-10-9-11-14-34)46(59)55-53-21-24-64-26-25-63-23-19-44(57)52-20-12-22-65-43-29-35(15-17-39(43)48(61)62)16-18-42(56)36-30-37(49(3,4)5)32-38(31-36)50(6,7)8/h9-11,13-18,29-33,40-41,45,53,58H,12,19-28,51H2,1-8H3,(H,52,57)(H,54,60)(H,55,59)(H,61,62). The molecular weight excluding hydrogens is 831 g/mol. The van der Waals surface area contributed by atoms with E-state index in [4.69, 9.17) is 19.9 Å². The molecule has 3 rings (SSSR count). The summed E-state index contributed by atoms with van der Waals surface area (Å²) in [6, 6.07) is 18.2. The summed E-state index contributed by atoms with van der Waals surface area (Å²) in [7, 11) is 0. The lowest BCUT2D eigenvalue weighted by molar-refractivity contribution is -0.135. The van der Waals surface area contributed by atoms with Crippen LogP contribution in [0.25, 0.3) is 6.08 Å². The first-order valence-electron chi connectivity index (χ1n) is 22.3. The fourth-order valence-electron chi connectivity index (χ4n) is 6.41. The summed E-state index contributed by atoms with van der Waals surface area (Å²) >= 11 is 0. The highest BCUT2D eigenvalue weighted by Crippen LogP contribution is 2.31. The number of aliphatic hydroxyl groups is 1. The van der Waals surface area contributed by atoms with E-state index in [2.05, 4.69) is 69.1 Å². The van der Waals surface area contributed by atoms with Crippen LogP contribution >= 0.6 is 0 Å². The number of ether oxygens (including phenoxy) is 3. The maximum absolute atomic E-state index is 13.3. The highest BCUT2D eigenvalue weighted by molar-refractivity contribution is 6.07. The molecule has 3 aromatic rings. The van der Waals surface area contributed by atoms with Gasteiger partial charge in [0, 0.05) is 31.1 Å². The molecule has 8 N–H and O–H groups in total. The summed E-state index contributed by atoms with van der Waals surface area (Å²) in [6.45, 7) is 18.2. The molecule has 0 saturated heterocycles. The third-order valence-electron chi connectivity index (χ3n) is 10.3. The first-order valence-corrected chi connectivity index (χ1v) is 22.3. The number of carbonyl (C=O) groups excluding carboxylic acids is 4. The van der Waals surface area contributed by atoms with E-state index in [0.717, 1.165) is 16.7 Å². The van der Waals surface area contributed by atoms with Gasteiger partial charge in [-0.05, 0) is 88.6 Å². The van der Waals surface area contributed by atoms with Crippen LogP contribution in [0, 0.1) is 5.92 Å². The lowest BCUT2D eigenvalue weighted by Crippen LogP contribution is -2.56. The molecule has 0 radical (unpaired) electrons. The summed E-state index contributed by atoms with van der Waals surface area (Å²) in [5.41, 5.74) is 15.4. The average Bonchev–Trinajstić information content (AvgIpc) is 3.24. The number of aromatic carboxylic acids is 1. The Kier molecular flexibility index (Phi) is 22.0. The number of rotatable bonds is 27. The number of carbonyl (C=O) groups is 5. The zero-order valence-corrected chi connectivity index (χ0v) is 39.3. The van der Waals surface area contributed by atoms with Crippen LogP contribution in [0.5, 0.6) is 5.75 Å². The molecule has 0 aliphatic heterocycles. The molecule has 356 valence electrons. The van der Waals surface area contributed by atoms with E-state index in [1.165, 1.54) is 12.1 Å². The van der Waals surface area contributed by atoms with Gasteiger partial charge in [0.05, 0.1) is 33.0 Å². The normalized spacial score (nSPS) is 13.3. The first-order chi connectivity index (χ1) is 30.6. The summed E-state index contributed by atoms with van der Waals surface area (Å²) in [5.74, 6) is -2.46. The molecule has 15 heteroatoms. The number of nitrogens with two attached hydrogens (primary N) is 1. The second kappa shape index (κ2) is 26.5. The van der Waals surface area contributed by atoms with Gasteiger partial charge in [0.15, 0.2) is 5.78 Å². The van der Waals surface area contributed by atoms with Gasteiger partial charge in [0.2, 0.25) is 5.91 Å². The zero-order chi connectivity index (χ0) is 48.2. The molecule has 3 unspecified atom stereocenters. The maximum atomic E-state index is 13.3. The van der Waals surface area contributed by atoms with Crippen molar-refractivity contribution in [3.05, 3.63) is 106 Å². The highest BCUT2D eigenvalue weighted by Gasteiger charge is 2.29. The number of ketones is 1. The summed E-state index contributed by atoms with van der Waals surface area (Å²) < 4.78 is 16.8. The highest BCUT2D eigenvalue weighted by atomic mass is 16.5. The summed E-state index contributed by atoms with van der Waals surface area (Å²) in [5, 5.41) is 25.7. The molecule has 0 spiro atoms. The monoisotopic (exact) mass is 902 g/mol. The van der Waals surface area contributed by atoms with Crippen molar-refractivity contribution in [1.82, 2.24) is 21.5 Å². The molecule has 3 amide bonds. The Labute approximate surface area is 384 Å². The van der Waals surface area contributed by atoms with Gasteiger partial charge in [0.25, 0.3) is 11.8 Å². The smallest absolute Gasteiger partial charge is 0.339 e.